The van der Waals surface area contributed by atoms with Crippen LogP contribution in [-0.2, 0) is 25.5 Å². The zero-order valence-electron chi connectivity index (χ0n) is 16.9. The van der Waals surface area contributed by atoms with Gasteiger partial charge < -0.3 is 10.1 Å². The van der Waals surface area contributed by atoms with Crippen molar-refractivity contribution in [2.45, 2.75) is 46.0 Å². The highest BCUT2D eigenvalue weighted by Gasteiger charge is 2.44. The molecule has 8 nitrogen and oxygen atoms in total. The molecular weight excluding hydrogens is 376 g/mol. The lowest BCUT2D eigenvalue weighted by Crippen LogP contribution is -2.28. The number of ether oxygens (including phenoxy) is 1. The number of esters is 1. The zero-order valence-corrected chi connectivity index (χ0v) is 16.9. The Morgan fingerprint density at radius 3 is 2.59 bits per heavy atom. The van der Waals surface area contributed by atoms with Gasteiger partial charge in [0.2, 0.25) is 6.54 Å². The second-order valence-electron chi connectivity index (χ2n) is 7.65. The predicted octanol–water partition coefficient (Wildman–Crippen LogP) is 3.02. The quantitative estimate of drug-likeness (QED) is 0.364. The summed E-state index contributed by atoms with van der Waals surface area (Å²) in [6.07, 6.45) is 3.19. The van der Waals surface area contributed by atoms with Crippen LogP contribution >= 0.6 is 0 Å². The molecule has 3 atom stereocenters. The van der Waals surface area contributed by atoms with Gasteiger partial charge in [0.1, 0.15) is 5.78 Å². The maximum atomic E-state index is 12.1. The molecule has 1 N–H and O–H groups in total. The van der Waals surface area contributed by atoms with Crippen molar-refractivity contribution in [3.8, 4) is 0 Å². The molecule has 0 bridgehead atoms. The molecule has 0 spiro atoms. The van der Waals surface area contributed by atoms with Gasteiger partial charge in [0.05, 0.1) is 6.42 Å². The molecular formula is C21H28N2O6. The maximum absolute atomic E-state index is 12.1. The second-order valence-corrected chi connectivity index (χ2v) is 7.65. The van der Waals surface area contributed by atoms with Gasteiger partial charge in [-0.2, -0.15) is 0 Å². The van der Waals surface area contributed by atoms with Crippen molar-refractivity contribution in [2.75, 3.05) is 18.5 Å². The number of carbonyl (C=O) groups excluding carboxylic acids is 3. The number of nitrogens with zero attached hydrogens (tertiary/aromatic N) is 1. The monoisotopic (exact) mass is 404 g/mol. The summed E-state index contributed by atoms with van der Waals surface area (Å²) < 4.78 is 4.98. The van der Waals surface area contributed by atoms with E-state index in [-0.39, 0.29) is 31.1 Å². The summed E-state index contributed by atoms with van der Waals surface area (Å²) >= 11 is 0. The lowest BCUT2D eigenvalue weighted by atomic mass is 9.88. The molecule has 1 aliphatic carbocycles. The number of ketones is 1. The first-order chi connectivity index (χ1) is 13.8. The third kappa shape index (κ3) is 6.96. The highest BCUT2D eigenvalue weighted by atomic mass is 16.6. The third-order valence-corrected chi connectivity index (χ3v) is 5.35. The average molecular weight is 404 g/mol. The fourth-order valence-corrected chi connectivity index (χ4v) is 3.72. The molecule has 1 aliphatic rings. The Kier molecular flexibility index (Phi) is 8.30. The minimum Gasteiger partial charge on any atom is -0.456 e. The van der Waals surface area contributed by atoms with Crippen LogP contribution in [0.1, 0.15) is 45.1 Å². The number of hydrogen-bond donors (Lipinski definition) is 1. The first kappa shape index (κ1) is 22.5. The summed E-state index contributed by atoms with van der Waals surface area (Å²) in [6.45, 7) is 3.09. The first-order valence-electron chi connectivity index (χ1n) is 9.99. The minimum absolute atomic E-state index is 0.144. The van der Waals surface area contributed by atoms with Gasteiger partial charge in [-0.15, -0.1) is 0 Å². The van der Waals surface area contributed by atoms with Gasteiger partial charge in [0.15, 0.2) is 6.61 Å². The minimum atomic E-state index is -0.721. The standard InChI is InChI=1S/C21H28N2O6/c1-3-4-5-15-6-8-16(9-7-15)22-20(25)13-29-21(26)11-17-18(12-23(27)28)14(2)10-19(17)24/h6-9,14,17-18H,3-5,10-13H2,1-2H3,(H,22,25)/t14-,17-,18-/m1/s1. The molecule has 2 rings (SSSR count). The first-order valence-corrected chi connectivity index (χ1v) is 9.99. The molecule has 0 unspecified atom stereocenters. The Morgan fingerprint density at radius 1 is 1.28 bits per heavy atom. The van der Waals surface area contributed by atoms with Crippen molar-refractivity contribution in [2.24, 2.45) is 17.8 Å². The molecule has 29 heavy (non-hydrogen) atoms. The normalized spacial score (nSPS) is 21.0. The van der Waals surface area contributed by atoms with Crippen molar-refractivity contribution >= 4 is 23.3 Å². The Balaban J connectivity index is 1.80. The molecule has 1 aromatic rings. The lowest BCUT2D eigenvalue weighted by Gasteiger charge is -2.17. The average Bonchev–Trinajstić information content (AvgIpc) is 2.92. The Labute approximate surface area is 170 Å². The number of benzene rings is 1. The summed E-state index contributed by atoms with van der Waals surface area (Å²) in [7, 11) is 0. The van der Waals surface area contributed by atoms with E-state index in [1.54, 1.807) is 19.1 Å². The van der Waals surface area contributed by atoms with Gasteiger partial charge >= 0.3 is 5.97 Å². The molecule has 8 heteroatoms. The summed E-state index contributed by atoms with van der Waals surface area (Å²) in [5.74, 6) is -2.68. The van der Waals surface area contributed by atoms with Gasteiger partial charge in [-0.3, -0.25) is 24.5 Å². The molecule has 1 saturated carbocycles. The number of unbranched alkanes of at least 4 members (excludes halogenated alkanes) is 1. The molecule has 0 radical (unpaired) electrons. The number of nitro groups is 1. The zero-order chi connectivity index (χ0) is 21.4. The predicted molar refractivity (Wildman–Crippen MR) is 107 cm³/mol. The van der Waals surface area contributed by atoms with Gasteiger partial charge in [0.25, 0.3) is 5.91 Å². The number of hydrogen-bond acceptors (Lipinski definition) is 6. The van der Waals surface area contributed by atoms with Crippen molar-refractivity contribution in [1.29, 1.82) is 0 Å². The van der Waals surface area contributed by atoms with E-state index in [1.165, 1.54) is 5.56 Å². The number of rotatable bonds is 10. The van der Waals surface area contributed by atoms with Crippen LogP contribution in [0.4, 0.5) is 5.69 Å². The molecule has 1 aromatic carbocycles. The van der Waals surface area contributed by atoms with Crippen LogP contribution < -0.4 is 5.32 Å². The summed E-state index contributed by atoms with van der Waals surface area (Å²) in [6, 6.07) is 7.48. The van der Waals surface area contributed by atoms with Crippen molar-refractivity contribution in [1.82, 2.24) is 0 Å². The van der Waals surface area contributed by atoms with Crippen LogP contribution in [0.5, 0.6) is 0 Å². The van der Waals surface area contributed by atoms with Crippen LogP contribution in [0.25, 0.3) is 0 Å². The molecule has 0 aromatic heterocycles. The van der Waals surface area contributed by atoms with E-state index in [9.17, 15) is 24.5 Å². The number of amides is 1. The van der Waals surface area contributed by atoms with Crippen molar-refractivity contribution < 1.29 is 24.0 Å². The molecule has 0 heterocycles. The van der Waals surface area contributed by atoms with E-state index in [1.807, 2.05) is 12.1 Å². The number of nitrogens with one attached hydrogen (secondary N) is 1. The van der Waals surface area contributed by atoms with E-state index in [0.717, 1.165) is 19.3 Å². The lowest BCUT2D eigenvalue weighted by molar-refractivity contribution is -0.490. The number of anilines is 1. The smallest absolute Gasteiger partial charge is 0.307 e. The van der Waals surface area contributed by atoms with E-state index in [0.29, 0.717) is 5.69 Å². The largest absolute Gasteiger partial charge is 0.456 e. The van der Waals surface area contributed by atoms with Crippen LogP contribution in [0.3, 0.4) is 0 Å². The van der Waals surface area contributed by atoms with Gasteiger partial charge in [-0.25, -0.2) is 0 Å². The number of aryl methyl sites for hydroxylation is 1. The van der Waals surface area contributed by atoms with Gasteiger partial charge in [0, 0.05) is 28.9 Å². The molecule has 1 fully saturated rings. The molecule has 0 saturated heterocycles. The molecule has 1 amide bonds. The van der Waals surface area contributed by atoms with E-state index >= 15 is 0 Å². The van der Waals surface area contributed by atoms with Crippen LogP contribution in [0.2, 0.25) is 0 Å². The van der Waals surface area contributed by atoms with Gasteiger partial charge in [-0.05, 0) is 36.5 Å². The second kappa shape index (κ2) is 10.7. The van der Waals surface area contributed by atoms with Crippen LogP contribution in [0, 0.1) is 27.9 Å². The Bertz CT molecular complexity index is 746. The van der Waals surface area contributed by atoms with E-state index in [2.05, 4.69) is 12.2 Å². The molecule has 0 aliphatic heterocycles. The topological polar surface area (TPSA) is 116 Å². The van der Waals surface area contributed by atoms with Crippen LogP contribution in [0.15, 0.2) is 24.3 Å². The fourth-order valence-electron chi connectivity index (χ4n) is 3.72. The maximum Gasteiger partial charge on any atom is 0.307 e. The highest BCUT2D eigenvalue weighted by molar-refractivity contribution is 5.93. The van der Waals surface area contributed by atoms with Crippen LogP contribution in [-0.4, -0.2) is 35.7 Å². The molecule has 158 valence electrons. The van der Waals surface area contributed by atoms with E-state index < -0.39 is 35.2 Å². The fraction of sp³-hybridized carbons (Fsp3) is 0.571. The van der Waals surface area contributed by atoms with Crippen molar-refractivity contribution in [3.05, 3.63) is 39.9 Å². The SMILES string of the molecule is CCCCc1ccc(NC(=O)COC(=O)C[C@H]2C(=O)C[C@@H](C)[C@H]2C[N+](=O)[O-])cc1. The highest BCUT2D eigenvalue weighted by Crippen LogP contribution is 2.36. The summed E-state index contributed by atoms with van der Waals surface area (Å²) in [5, 5.41) is 13.5. The van der Waals surface area contributed by atoms with Crippen molar-refractivity contribution in [3.63, 3.8) is 0 Å². The summed E-state index contributed by atoms with van der Waals surface area (Å²) in [5.41, 5.74) is 1.80. The summed E-state index contributed by atoms with van der Waals surface area (Å²) in [4.78, 5) is 46.5. The number of Topliss-reactive ketones (excluding diaryl/α,β-unsaturated/α-hetero) is 1. The van der Waals surface area contributed by atoms with Gasteiger partial charge in [-0.1, -0.05) is 32.4 Å². The number of carbonyl (C=O) groups is 3. The Hall–Kier alpha value is -2.77. The van der Waals surface area contributed by atoms with E-state index in [4.69, 9.17) is 4.74 Å². The Morgan fingerprint density at radius 2 is 1.97 bits per heavy atom. The third-order valence-electron chi connectivity index (χ3n) is 5.35.